The number of pyridine rings is 1. The molecule has 2 rings (SSSR count). The second-order valence-corrected chi connectivity index (χ2v) is 8.95. The van der Waals surface area contributed by atoms with Crippen molar-refractivity contribution in [3.8, 4) is 0 Å². The van der Waals surface area contributed by atoms with Gasteiger partial charge in [0.05, 0.1) is 11.3 Å². The van der Waals surface area contributed by atoms with Crippen LogP contribution in [0.1, 0.15) is 17.0 Å². The molecule has 1 aliphatic rings. The first-order valence-electron chi connectivity index (χ1n) is 6.53. The molecule has 1 unspecified atom stereocenters. The highest BCUT2D eigenvalue weighted by molar-refractivity contribution is 8.01. The van der Waals surface area contributed by atoms with Gasteiger partial charge < -0.3 is 10.6 Å². The monoisotopic (exact) mass is 345 g/mol. The summed E-state index contributed by atoms with van der Waals surface area (Å²) in [6, 6.07) is 1.87. The van der Waals surface area contributed by atoms with Crippen molar-refractivity contribution in [2.45, 2.75) is 19.2 Å². The van der Waals surface area contributed by atoms with E-state index in [-0.39, 0.29) is 4.99 Å². The van der Waals surface area contributed by atoms with E-state index in [0.717, 1.165) is 22.8 Å². The van der Waals surface area contributed by atoms with Crippen molar-refractivity contribution in [1.82, 2.24) is 4.98 Å². The number of sulfone groups is 1. The Kier molecular flexibility index (Phi) is 4.79. The van der Waals surface area contributed by atoms with Crippen LogP contribution in [0.25, 0.3) is 0 Å². The predicted molar refractivity (Wildman–Crippen MR) is 92.9 cm³/mol. The Morgan fingerprint density at radius 2 is 2.19 bits per heavy atom. The minimum absolute atomic E-state index is 0.250. The van der Waals surface area contributed by atoms with Gasteiger partial charge in [0.15, 0.2) is 9.84 Å². The molecule has 1 aliphatic heterocycles. The molecular formula is C13H19N3O2S3. The van der Waals surface area contributed by atoms with Crippen molar-refractivity contribution >= 4 is 44.5 Å². The molecule has 21 heavy (non-hydrogen) atoms. The summed E-state index contributed by atoms with van der Waals surface area (Å²) in [5.74, 6) is 1.43. The molecule has 0 aliphatic carbocycles. The van der Waals surface area contributed by atoms with Gasteiger partial charge in [0.25, 0.3) is 0 Å². The molecule has 1 saturated heterocycles. The maximum absolute atomic E-state index is 12.1. The molecule has 116 valence electrons. The summed E-state index contributed by atoms with van der Waals surface area (Å²) in [5.41, 5.74) is 8.86. The molecular weight excluding hydrogens is 326 g/mol. The smallest absolute Gasteiger partial charge is 0.169 e. The molecule has 0 saturated carbocycles. The Bertz CT molecular complexity index is 673. The molecule has 5 nitrogen and oxygen atoms in total. The zero-order valence-corrected chi connectivity index (χ0v) is 14.7. The van der Waals surface area contributed by atoms with Crippen LogP contribution in [0.3, 0.4) is 0 Å². The standard InChI is InChI=1S/C13H19N3O2S3/c1-8-6-10(12(13(14)19)9(2)15-8)16-4-5-20-7-11(16)21(3,17)18/h6,11H,4-5,7H2,1-3H3,(H2,14,19). The van der Waals surface area contributed by atoms with Gasteiger partial charge in [-0.3, -0.25) is 4.98 Å². The van der Waals surface area contributed by atoms with E-state index in [1.54, 1.807) is 11.8 Å². The summed E-state index contributed by atoms with van der Waals surface area (Å²) >= 11 is 6.79. The first-order valence-corrected chi connectivity index (χ1v) is 10.0. The zero-order valence-electron chi connectivity index (χ0n) is 12.3. The Hall–Kier alpha value is -0.860. The van der Waals surface area contributed by atoms with Crippen LogP contribution < -0.4 is 10.6 Å². The molecule has 0 radical (unpaired) electrons. The lowest BCUT2D eigenvalue weighted by Crippen LogP contribution is -2.47. The lowest BCUT2D eigenvalue weighted by molar-refractivity contribution is 0.584. The highest BCUT2D eigenvalue weighted by Gasteiger charge is 2.33. The van der Waals surface area contributed by atoms with Gasteiger partial charge in [-0.1, -0.05) is 12.2 Å². The van der Waals surface area contributed by atoms with Gasteiger partial charge in [-0.15, -0.1) is 0 Å². The van der Waals surface area contributed by atoms with Crippen molar-refractivity contribution in [3.63, 3.8) is 0 Å². The van der Waals surface area contributed by atoms with Crippen molar-refractivity contribution in [1.29, 1.82) is 0 Å². The number of hydrogen-bond acceptors (Lipinski definition) is 6. The van der Waals surface area contributed by atoms with E-state index in [1.807, 2.05) is 24.8 Å². The number of thioether (sulfide) groups is 1. The number of hydrogen-bond donors (Lipinski definition) is 1. The number of aryl methyl sites for hydroxylation is 2. The second-order valence-electron chi connectivity index (χ2n) is 5.16. The lowest BCUT2D eigenvalue weighted by atomic mass is 10.1. The van der Waals surface area contributed by atoms with E-state index < -0.39 is 15.2 Å². The largest absolute Gasteiger partial charge is 0.389 e. The summed E-state index contributed by atoms with van der Waals surface area (Å²) in [6.07, 6.45) is 1.28. The number of rotatable bonds is 3. The van der Waals surface area contributed by atoms with Crippen molar-refractivity contribution in [2.75, 3.05) is 29.2 Å². The summed E-state index contributed by atoms with van der Waals surface area (Å²) in [7, 11) is -3.19. The predicted octanol–water partition coefficient (Wildman–Crippen LogP) is 1.26. The maximum Gasteiger partial charge on any atom is 0.169 e. The SMILES string of the molecule is Cc1cc(N2CCSCC2S(C)(=O)=O)c(C(N)=S)c(C)n1. The van der Waals surface area contributed by atoms with Crippen LogP contribution >= 0.6 is 24.0 Å². The van der Waals surface area contributed by atoms with Gasteiger partial charge in [0.2, 0.25) is 0 Å². The van der Waals surface area contributed by atoms with Crippen LogP contribution in [0.5, 0.6) is 0 Å². The normalized spacial score (nSPS) is 19.6. The third-order valence-electron chi connectivity index (χ3n) is 3.44. The molecule has 2 N–H and O–H groups in total. The summed E-state index contributed by atoms with van der Waals surface area (Å²) in [5, 5.41) is -0.550. The van der Waals surface area contributed by atoms with E-state index in [1.165, 1.54) is 6.26 Å². The van der Waals surface area contributed by atoms with Gasteiger partial charge in [-0.25, -0.2) is 8.42 Å². The summed E-state index contributed by atoms with van der Waals surface area (Å²) in [4.78, 5) is 6.54. The molecule has 0 bridgehead atoms. The average Bonchev–Trinajstić information content (AvgIpc) is 2.36. The highest BCUT2D eigenvalue weighted by atomic mass is 32.2. The fourth-order valence-corrected chi connectivity index (χ4v) is 5.64. The first-order chi connectivity index (χ1) is 9.71. The number of nitrogens with two attached hydrogens (primary N) is 1. The minimum atomic E-state index is -3.19. The molecule has 1 aromatic heterocycles. The van der Waals surface area contributed by atoms with Crippen LogP contribution in [0.15, 0.2) is 6.07 Å². The third kappa shape index (κ3) is 3.49. The Morgan fingerprint density at radius 1 is 1.52 bits per heavy atom. The third-order valence-corrected chi connectivity index (χ3v) is 6.29. The van der Waals surface area contributed by atoms with Gasteiger partial charge in [0.1, 0.15) is 10.4 Å². The van der Waals surface area contributed by atoms with Gasteiger partial charge >= 0.3 is 0 Å². The van der Waals surface area contributed by atoms with Crippen molar-refractivity contribution in [2.24, 2.45) is 5.73 Å². The number of thiocarbonyl (C=S) groups is 1. The molecule has 0 amide bonds. The van der Waals surface area contributed by atoms with Crippen LogP contribution in [0.2, 0.25) is 0 Å². The van der Waals surface area contributed by atoms with E-state index >= 15 is 0 Å². The maximum atomic E-state index is 12.1. The van der Waals surface area contributed by atoms with Gasteiger partial charge in [-0.05, 0) is 19.9 Å². The quantitative estimate of drug-likeness (QED) is 0.826. The first kappa shape index (κ1) is 16.5. The molecule has 1 aromatic rings. The molecule has 1 fully saturated rings. The van der Waals surface area contributed by atoms with E-state index in [9.17, 15) is 8.42 Å². The molecule has 0 aromatic carbocycles. The Morgan fingerprint density at radius 3 is 2.76 bits per heavy atom. The van der Waals surface area contributed by atoms with Gasteiger partial charge in [0, 0.05) is 35.7 Å². The van der Waals surface area contributed by atoms with Gasteiger partial charge in [-0.2, -0.15) is 11.8 Å². The highest BCUT2D eigenvalue weighted by Crippen LogP contribution is 2.31. The Balaban J connectivity index is 2.60. The second kappa shape index (κ2) is 6.10. The van der Waals surface area contributed by atoms with Crippen molar-refractivity contribution < 1.29 is 8.42 Å². The molecule has 0 spiro atoms. The molecule has 8 heteroatoms. The molecule has 1 atom stereocenters. The van der Waals surface area contributed by atoms with E-state index in [2.05, 4.69) is 4.98 Å². The molecule has 2 heterocycles. The number of aromatic nitrogens is 1. The van der Waals surface area contributed by atoms with E-state index in [0.29, 0.717) is 17.9 Å². The number of anilines is 1. The summed E-state index contributed by atoms with van der Waals surface area (Å²) in [6.45, 7) is 4.38. The zero-order chi connectivity index (χ0) is 15.8. The van der Waals surface area contributed by atoms with Crippen molar-refractivity contribution in [3.05, 3.63) is 23.0 Å². The lowest BCUT2D eigenvalue weighted by Gasteiger charge is -2.37. The summed E-state index contributed by atoms with van der Waals surface area (Å²) < 4.78 is 24.2. The van der Waals surface area contributed by atoms with Crippen LogP contribution in [0, 0.1) is 13.8 Å². The fourth-order valence-electron chi connectivity index (χ4n) is 2.55. The number of nitrogens with zero attached hydrogens (tertiary/aromatic N) is 2. The fraction of sp³-hybridized carbons (Fsp3) is 0.538. The van der Waals surface area contributed by atoms with Crippen LogP contribution in [0.4, 0.5) is 5.69 Å². The minimum Gasteiger partial charge on any atom is -0.389 e. The van der Waals surface area contributed by atoms with E-state index in [4.69, 9.17) is 18.0 Å². The van der Waals surface area contributed by atoms with Crippen LogP contribution in [-0.2, 0) is 9.84 Å². The average molecular weight is 346 g/mol. The van der Waals surface area contributed by atoms with Crippen LogP contribution in [-0.4, -0.2) is 48.1 Å². The Labute approximate surface area is 135 Å². The topological polar surface area (TPSA) is 76.3 Å².